The van der Waals surface area contributed by atoms with E-state index in [1.54, 1.807) is 47.6 Å². The van der Waals surface area contributed by atoms with Crippen LogP contribution >= 0.6 is 0 Å². The lowest BCUT2D eigenvalue weighted by Crippen LogP contribution is -2.36. The fraction of sp³-hybridized carbons (Fsp3) is 0.200. The summed E-state index contributed by atoms with van der Waals surface area (Å²) in [4.78, 5) is 32.7. The Morgan fingerprint density at radius 3 is 2.48 bits per heavy atom. The first-order chi connectivity index (χ1) is 16.2. The van der Waals surface area contributed by atoms with Crippen LogP contribution in [0.1, 0.15) is 15.9 Å². The van der Waals surface area contributed by atoms with Gasteiger partial charge in [-0.1, -0.05) is 18.2 Å². The van der Waals surface area contributed by atoms with E-state index in [1.165, 1.54) is 4.68 Å². The van der Waals surface area contributed by atoms with E-state index < -0.39 is 0 Å². The van der Waals surface area contributed by atoms with Gasteiger partial charge in [0.1, 0.15) is 5.69 Å². The zero-order valence-corrected chi connectivity index (χ0v) is 18.0. The first-order valence-electron chi connectivity index (χ1n) is 10.8. The van der Waals surface area contributed by atoms with Crippen LogP contribution in [0.3, 0.4) is 0 Å². The lowest BCUT2D eigenvalue weighted by atomic mass is 10.1. The predicted octanol–water partition coefficient (Wildman–Crippen LogP) is 2.68. The molecule has 8 heteroatoms. The average Bonchev–Trinajstić information content (AvgIpc) is 3.32. The largest absolute Gasteiger partial charge is 0.378 e. The fourth-order valence-electron chi connectivity index (χ4n) is 3.94. The molecule has 0 bridgehead atoms. The molecule has 8 nitrogen and oxygen atoms in total. The standard InChI is InChI=1S/C25H23N5O3/c31-24(20-5-2-1-3-6-20)30-18-22(28-13-15-33-16-14-28)23(27-30)21-7-4-12-29(25(21)32)17-19-8-10-26-11-9-19/h1-12,18H,13-17H2. The Hall–Kier alpha value is -4.04. The van der Waals surface area contributed by atoms with Crippen LogP contribution < -0.4 is 10.5 Å². The summed E-state index contributed by atoms with van der Waals surface area (Å²) in [5.41, 5.74) is 3.04. The second kappa shape index (κ2) is 9.22. The minimum Gasteiger partial charge on any atom is -0.378 e. The highest BCUT2D eigenvalue weighted by atomic mass is 16.5. The minimum absolute atomic E-state index is 0.166. The molecule has 3 aromatic heterocycles. The van der Waals surface area contributed by atoms with Crippen molar-refractivity contribution in [3.05, 3.63) is 101 Å². The number of benzene rings is 1. The third-order valence-electron chi connectivity index (χ3n) is 5.65. The first kappa shape index (κ1) is 20.8. The van der Waals surface area contributed by atoms with Gasteiger partial charge < -0.3 is 14.2 Å². The zero-order valence-electron chi connectivity index (χ0n) is 18.0. The summed E-state index contributed by atoms with van der Waals surface area (Å²) in [6, 6.07) is 16.3. The second-order valence-electron chi connectivity index (χ2n) is 7.79. The van der Waals surface area contributed by atoms with Gasteiger partial charge in [-0.2, -0.15) is 5.10 Å². The van der Waals surface area contributed by atoms with Crippen molar-refractivity contribution in [3.8, 4) is 11.3 Å². The van der Waals surface area contributed by atoms with Crippen LogP contribution in [0.15, 0.2) is 84.2 Å². The van der Waals surface area contributed by atoms with Crippen molar-refractivity contribution in [1.82, 2.24) is 19.3 Å². The Bertz CT molecular complexity index is 1310. The number of carbonyl (C=O) groups is 1. The molecule has 0 atom stereocenters. The van der Waals surface area contributed by atoms with Crippen molar-refractivity contribution in [2.75, 3.05) is 31.2 Å². The van der Waals surface area contributed by atoms with Gasteiger partial charge in [0, 0.05) is 37.2 Å². The normalized spacial score (nSPS) is 13.8. The van der Waals surface area contributed by atoms with Gasteiger partial charge in [0.15, 0.2) is 0 Å². The molecule has 0 radical (unpaired) electrons. The number of rotatable bonds is 5. The average molecular weight is 441 g/mol. The molecule has 1 aliphatic rings. The highest BCUT2D eigenvalue weighted by Crippen LogP contribution is 2.29. The Kier molecular flexibility index (Phi) is 5.82. The molecule has 0 saturated carbocycles. The van der Waals surface area contributed by atoms with Crippen molar-refractivity contribution in [2.24, 2.45) is 0 Å². The molecule has 4 heterocycles. The van der Waals surface area contributed by atoms with Gasteiger partial charge in [-0.25, -0.2) is 4.68 Å². The Labute approximate surface area is 190 Å². The van der Waals surface area contributed by atoms with Crippen LogP contribution in [0, 0.1) is 0 Å². The number of ether oxygens (including phenoxy) is 1. The van der Waals surface area contributed by atoms with E-state index in [0.29, 0.717) is 49.7 Å². The minimum atomic E-state index is -0.246. The molecule has 0 N–H and O–H groups in total. The second-order valence-corrected chi connectivity index (χ2v) is 7.79. The molecule has 1 saturated heterocycles. The molecule has 33 heavy (non-hydrogen) atoms. The van der Waals surface area contributed by atoms with Crippen molar-refractivity contribution < 1.29 is 9.53 Å². The Balaban J connectivity index is 1.58. The van der Waals surface area contributed by atoms with Crippen LogP contribution in [0.25, 0.3) is 11.3 Å². The monoisotopic (exact) mass is 441 g/mol. The molecule has 0 amide bonds. The zero-order chi connectivity index (χ0) is 22.6. The summed E-state index contributed by atoms with van der Waals surface area (Å²) in [5.74, 6) is -0.246. The molecule has 1 aromatic carbocycles. The van der Waals surface area contributed by atoms with E-state index in [2.05, 4.69) is 15.0 Å². The van der Waals surface area contributed by atoms with Crippen molar-refractivity contribution >= 4 is 11.6 Å². The van der Waals surface area contributed by atoms with Gasteiger partial charge >= 0.3 is 0 Å². The van der Waals surface area contributed by atoms with Crippen molar-refractivity contribution in [3.63, 3.8) is 0 Å². The predicted molar refractivity (Wildman–Crippen MR) is 124 cm³/mol. The van der Waals surface area contributed by atoms with E-state index in [9.17, 15) is 9.59 Å². The Morgan fingerprint density at radius 1 is 0.970 bits per heavy atom. The molecule has 1 aliphatic heterocycles. The summed E-state index contributed by atoms with van der Waals surface area (Å²) >= 11 is 0. The maximum absolute atomic E-state index is 13.4. The molecule has 0 spiro atoms. The topological polar surface area (TPSA) is 82.2 Å². The number of hydrogen-bond acceptors (Lipinski definition) is 6. The van der Waals surface area contributed by atoms with Crippen LogP contribution in [0.5, 0.6) is 0 Å². The SMILES string of the molecule is O=C(c1ccccc1)n1cc(N2CCOCC2)c(-c2cccn(Cc3ccncc3)c2=O)n1. The summed E-state index contributed by atoms with van der Waals surface area (Å²) < 4.78 is 8.47. The number of hydrogen-bond donors (Lipinski definition) is 0. The highest BCUT2D eigenvalue weighted by molar-refractivity contribution is 5.96. The third kappa shape index (κ3) is 4.33. The summed E-state index contributed by atoms with van der Waals surface area (Å²) in [6.07, 6.45) is 6.89. The molecule has 0 unspecified atom stereocenters. The molecule has 4 aromatic rings. The van der Waals surface area contributed by atoms with Gasteiger partial charge in [-0.3, -0.25) is 14.6 Å². The molecular weight excluding hydrogens is 418 g/mol. The summed E-state index contributed by atoms with van der Waals surface area (Å²) in [6.45, 7) is 2.91. The number of nitrogens with zero attached hydrogens (tertiary/aromatic N) is 5. The van der Waals surface area contributed by atoms with E-state index in [4.69, 9.17) is 4.74 Å². The lowest BCUT2D eigenvalue weighted by molar-refractivity contribution is 0.0945. The lowest BCUT2D eigenvalue weighted by Gasteiger charge is -2.28. The van der Waals surface area contributed by atoms with Crippen molar-refractivity contribution in [1.29, 1.82) is 0 Å². The van der Waals surface area contributed by atoms with Gasteiger partial charge in [0.2, 0.25) is 0 Å². The van der Waals surface area contributed by atoms with E-state index in [-0.39, 0.29) is 11.5 Å². The number of anilines is 1. The van der Waals surface area contributed by atoms with Gasteiger partial charge in [-0.15, -0.1) is 0 Å². The van der Waals surface area contributed by atoms with Gasteiger partial charge in [0.05, 0.1) is 37.2 Å². The maximum atomic E-state index is 13.4. The highest BCUT2D eigenvalue weighted by Gasteiger charge is 2.24. The molecule has 1 fully saturated rings. The van der Waals surface area contributed by atoms with Gasteiger partial charge in [-0.05, 0) is 42.0 Å². The number of morpholine rings is 1. The first-order valence-corrected chi connectivity index (χ1v) is 10.8. The van der Waals surface area contributed by atoms with E-state index in [0.717, 1.165) is 11.3 Å². The third-order valence-corrected chi connectivity index (χ3v) is 5.65. The summed E-state index contributed by atoms with van der Waals surface area (Å²) in [5, 5.41) is 4.60. The van der Waals surface area contributed by atoms with E-state index in [1.807, 2.05) is 36.4 Å². The fourth-order valence-corrected chi connectivity index (χ4v) is 3.94. The summed E-state index contributed by atoms with van der Waals surface area (Å²) in [7, 11) is 0. The quantitative estimate of drug-likeness (QED) is 0.474. The molecule has 166 valence electrons. The van der Waals surface area contributed by atoms with E-state index >= 15 is 0 Å². The van der Waals surface area contributed by atoms with Crippen LogP contribution in [-0.4, -0.2) is 51.5 Å². The van der Waals surface area contributed by atoms with Crippen LogP contribution in [0.4, 0.5) is 5.69 Å². The van der Waals surface area contributed by atoms with Crippen LogP contribution in [0.2, 0.25) is 0 Å². The van der Waals surface area contributed by atoms with Gasteiger partial charge in [0.25, 0.3) is 11.5 Å². The maximum Gasteiger partial charge on any atom is 0.278 e. The Morgan fingerprint density at radius 2 is 1.73 bits per heavy atom. The molecular formula is C25H23N5O3. The molecule has 5 rings (SSSR count). The number of carbonyl (C=O) groups excluding carboxylic acids is 1. The number of pyridine rings is 2. The number of aromatic nitrogens is 4. The smallest absolute Gasteiger partial charge is 0.278 e. The molecule has 0 aliphatic carbocycles. The van der Waals surface area contributed by atoms with Crippen molar-refractivity contribution in [2.45, 2.75) is 6.54 Å². The van der Waals surface area contributed by atoms with Crippen LogP contribution in [-0.2, 0) is 11.3 Å².